The van der Waals surface area contributed by atoms with Crippen LogP contribution in [-0.4, -0.2) is 4.98 Å². The predicted molar refractivity (Wildman–Crippen MR) is 72.7 cm³/mol. The van der Waals surface area contributed by atoms with Gasteiger partial charge in [0.1, 0.15) is 5.82 Å². The number of nitrogens with two attached hydrogens (primary N) is 1. The van der Waals surface area contributed by atoms with Gasteiger partial charge in [0.15, 0.2) is 0 Å². The summed E-state index contributed by atoms with van der Waals surface area (Å²) in [5.41, 5.74) is 7.76. The van der Waals surface area contributed by atoms with Gasteiger partial charge in [-0.3, -0.25) is 0 Å². The number of hydrogen-bond acceptors (Lipinski definition) is 4. The molecular formula is C11H12BrN3S. The zero-order valence-electron chi connectivity index (χ0n) is 8.77. The summed E-state index contributed by atoms with van der Waals surface area (Å²) >= 11 is 5.02. The number of nitrogen functional groups attached to an aromatic ring is 1. The molecule has 3 N–H and O–H groups in total. The van der Waals surface area contributed by atoms with Gasteiger partial charge in [0.25, 0.3) is 0 Å². The van der Waals surface area contributed by atoms with E-state index in [1.54, 1.807) is 17.5 Å². The molecule has 0 aliphatic heterocycles. The third-order valence-corrected chi connectivity index (χ3v) is 3.42. The van der Waals surface area contributed by atoms with Gasteiger partial charge in [-0.15, -0.1) is 0 Å². The molecule has 5 heteroatoms. The molecule has 0 fully saturated rings. The summed E-state index contributed by atoms with van der Waals surface area (Å²) in [5, 5.41) is 7.47. The van der Waals surface area contributed by atoms with Gasteiger partial charge in [-0.25, -0.2) is 4.98 Å². The number of pyridine rings is 1. The molecule has 0 aliphatic rings. The highest BCUT2D eigenvalue weighted by molar-refractivity contribution is 9.10. The molecule has 2 aromatic heterocycles. The Kier molecular flexibility index (Phi) is 3.46. The fourth-order valence-corrected chi connectivity index (χ4v) is 2.49. The van der Waals surface area contributed by atoms with Gasteiger partial charge in [0, 0.05) is 10.7 Å². The van der Waals surface area contributed by atoms with E-state index >= 15 is 0 Å². The average molecular weight is 298 g/mol. The SMILES string of the molecule is CC(Nc1ncc(Br)cc1N)c1ccsc1. The lowest BCUT2D eigenvalue weighted by atomic mass is 10.2. The van der Waals surface area contributed by atoms with E-state index in [1.165, 1.54) is 5.56 Å². The number of halogens is 1. The van der Waals surface area contributed by atoms with E-state index in [9.17, 15) is 0 Å². The molecule has 2 heterocycles. The number of hydrogen-bond donors (Lipinski definition) is 2. The maximum atomic E-state index is 5.87. The van der Waals surface area contributed by atoms with Crippen molar-refractivity contribution in [2.75, 3.05) is 11.1 Å². The number of thiophene rings is 1. The molecule has 1 atom stereocenters. The van der Waals surface area contributed by atoms with Crippen LogP contribution in [0.2, 0.25) is 0 Å². The number of rotatable bonds is 3. The van der Waals surface area contributed by atoms with Crippen molar-refractivity contribution in [3.05, 3.63) is 39.1 Å². The van der Waals surface area contributed by atoms with Crippen molar-refractivity contribution in [3.63, 3.8) is 0 Å². The van der Waals surface area contributed by atoms with Gasteiger partial charge in [0.05, 0.1) is 11.7 Å². The molecule has 2 rings (SSSR count). The second-order valence-electron chi connectivity index (χ2n) is 3.51. The largest absolute Gasteiger partial charge is 0.396 e. The van der Waals surface area contributed by atoms with Gasteiger partial charge < -0.3 is 11.1 Å². The van der Waals surface area contributed by atoms with Crippen molar-refractivity contribution < 1.29 is 0 Å². The zero-order valence-corrected chi connectivity index (χ0v) is 11.2. The lowest BCUT2D eigenvalue weighted by molar-refractivity contribution is 0.881. The summed E-state index contributed by atoms with van der Waals surface area (Å²) < 4.78 is 0.888. The molecule has 0 amide bonds. The molecule has 16 heavy (non-hydrogen) atoms. The first-order chi connectivity index (χ1) is 7.66. The molecule has 0 radical (unpaired) electrons. The normalized spacial score (nSPS) is 12.4. The number of nitrogens with zero attached hydrogens (tertiary/aromatic N) is 1. The molecule has 3 nitrogen and oxygen atoms in total. The first-order valence-corrected chi connectivity index (χ1v) is 6.60. The Bertz CT molecular complexity index is 470. The van der Waals surface area contributed by atoms with Crippen LogP contribution in [0.1, 0.15) is 18.5 Å². The Morgan fingerprint density at radius 2 is 2.38 bits per heavy atom. The van der Waals surface area contributed by atoms with Crippen molar-refractivity contribution in [1.82, 2.24) is 4.98 Å². The summed E-state index contributed by atoms with van der Waals surface area (Å²) in [6, 6.07) is 4.15. The fourth-order valence-electron chi connectivity index (χ4n) is 1.39. The van der Waals surface area contributed by atoms with Crippen molar-refractivity contribution in [2.45, 2.75) is 13.0 Å². The van der Waals surface area contributed by atoms with Crippen LogP contribution in [-0.2, 0) is 0 Å². The van der Waals surface area contributed by atoms with E-state index in [-0.39, 0.29) is 6.04 Å². The van der Waals surface area contributed by atoms with Crippen molar-refractivity contribution in [2.24, 2.45) is 0 Å². The van der Waals surface area contributed by atoms with Crippen molar-refractivity contribution in [1.29, 1.82) is 0 Å². The lowest BCUT2D eigenvalue weighted by Crippen LogP contribution is -2.09. The van der Waals surface area contributed by atoms with E-state index in [0.29, 0.717) is 5.69 Å². The first-order valence-electron chi connectivity index (χ1n) is 4.86. The maximum Gasteiger partial charge on any atom is 0.149 e. The number of aromatic nitrogens is 1. The minimum absolute atomic E-state index is 0.210. The first kappa shape index (κ1) is 11.4. The maximum absolute atomic E-state index is 5.87. The molecule has 84 valence electrons. The Labute approximate surface area is 107 Å². The predicted octanol–water partition coefficient (Wildman–Crippen LogP) is 3.66. The molecule has 0 spiro atoms. The molecule has 0 saturated carbocycles. The van der Waals surface area contributed by atoms with Gasteiger partial charge in [-0.2, -0.15) is 11.3 Å². The second kappa shape index (κ2) is 4.84. The monoisotopic (exact) mass is 297 g/mol. The highest BCUT2D eigenvalue weighted by atomic mass is 79.9. The summed E-state index contributed by atoms with van der Waals surface area (Å²) in [5.74, 6) is 0.724. The molecule has 2 aromatic rings. The van der Waals surface area contributed by atoms with Crippen LogP contribution in [0, 0.1) is 0 Å². The fraction of sp³-hybridized carbons (Fsp3) is 0.182. The van der Waals surface area contributed by atoms with Gasteiger partial charge in [0.2, 0.25) is 0 Å². The van der Waals surface area contributed by atoms with Gasteiger partial charge in [-0.1, -0.05) is 0 Å². The Morgan fingerprint density at radius 3 is 3.00 bits per heavy atom. The smallest absolute Gasteiger partial charge is 0.149 e. The summed E-state index contributed by atoms with van der Waals surface area (Å²) in [4.78, 5) is 4.25. The summed E-state index contributed by atoms with van der Waals surface area (Å²) in [6.45, 7) is 2.09. The number of anilines is 2. The van der Waals surface area contributed by atoms with E-state index in [1.807, 2.05) is 6.07 Å². The van der Waals surface area contributed by atoms with Crippen LogP contribution in [0.4, 0.5) is 11.5 Å². The van der Waals surface area contributed by atoms with Crippen LogP contribution in [0.5, 0.6) is 0 Å². The summed E-state index contributed by atoms with van der Waals surface area (Å²) in [6.07, 6.45) is 1.74. The van der Waals surface area contributed by atoms with Crippen LogP contribution in [0.15, 0.2) is 33.6 Å². The third kappa shape index (κ3) is 2.54. The van der Waals surface area contributed by atoms with E-state index < -0.39 is 0 Å². The highest BCUT2D eigenvalue weighted by Gasteiger charge is 2.08. The molecule has 0 saturated heterocycles. The topological polar surface area (TPSA) is 50.9 Å². The Morgan fingerprint density at radius 1 is 1.56 bits per heavy atom. The van der Waals surface area contributed by atoms with E-state index in [2.05, 4.69) is 50.0 Å². The van der Waals surface area contributed by atoms with Crippen LogP contribution in [0.3, 0.4) is 0 Å². The van der Waals surface area contributed by atoms with E-state index in [4.69, 9.17) is 5.73 Å². The van der Waals surface area contributed by atoms with Gasteiger partial charge >= 0.3 is 0 Å². The summed E-state index contributed by atoms with van der Waals surface area (Å²) in [7, 11) is 0. The molecular weight excluding hydrogens is 286 g/mol. The molecule has 0 aromatic carbocycles. The van der Waals surface area contributed by atoms with Crippen LogP contribution < -0.4 is 11.1 Å². The highest BCUT2D eigenvalue weighted by Crippen LogP contribution is 2.25. The minimum atomic E-state index is 0.210. The van der Waals surface area contributed by atoms with Crippen molar-refractivity contribution >= 4 is 38.8 Å². The lowest BCUT2D eigenvalue weighted by Gasteiger charge is -2.14. The molecule has 0 bridgehead atoms. The average Bonchev–Trinajstić information content (AvgIpc) is 2.75. The van der Waals surface area contributed by atoms with Gasteiger partial charge in [-0.05, 0) is 51.3 Å². The molecule has 1 unspecified atom stereocenters. The second-order valence-corrected chi connectivity index (χ2v) is 5.21. The standard InChI is InChI=1S/C11H12BrN3S/c1-7(8-2-3-16-6-8)15-11-10(13)4-9(12)5-14-11/h2-7H,13H2,1H3,(H,14,15). The van der Waals surface area contributed by atoms with Crippen LogP contribution in [0.25, 0.3) is 0 Å². The van der Waals surface area contributed by atoms with Crippen LogP contribution >= 0.6 is 27.3 Å². The Balaban J connectivity index is 2.15. The number of nitrogens with one attached hydrogen (secondary N) is 1. The van der Waals surface area contributed by atoms with E-state index in [0.717, 1.165) is 10.3 Å². The van der Waals surface area contributed by atoms with Crippen molar-refractivity contribution in [3.8, 4) is 0 Å². The molecule has 0 aliphatic carbocycles. The third-order valence-electron chi connectivity index (χ3n) is 2.28. The zero-order chi connectivity index (χ0) is 11.5. The minimum Gasteiger partial charge on any atom is -0.396 e. The Hall–Kier alpha value is -1.07. The quantitative estimate of drug-likeness (QED) is 0.909.